The zero-order valence-electron chi connectivity index (χ0n) is 13.8. The standard InChI is InChI=1S/C19H22N2O/c1-12-8-6-9-13(2)17(12)20-16(5)19(22)21-18-14(3)10-7-11-15(18)4/h6-11H,1-5H3,(H,21,22). The number of amides is 1. The van der Waals surface area contributed by atoms with Crippen molar-refractivity contribution in [2.45, 2.75) is 34.6 Å². The molecule has 0 atom stereocenters. The fourth-order valence-electron chi connectivity index (χ4n) is 2.42. The summed E-state index contributed by atoms with van der Waals surface area (Å²) in [5, 5.41) is 2.97. The molecule has 3 heteroatoms. The maximum atomic E-state index is 12.4. The Balaban J connectivity index is 2.28. The van der Waals surface area contributed by atoms with Crippen LogP contribution in [-0.4, -0.2) is 11.6 Å². The lowest BCUT2D eigenvalue weighted by molar-refractivity contribution is -0.110. The van der Waals surface area contributed by atoms with Gasteiger partial charge in [0.25, 0.3) is 5.91 Å². The van der Waals surface area contributed by atoms with Gasteiger partial charge in [0, 0.05) is 5.69 Å². The van der Waals surface area contributed by atoms with Gasteiger partial charge in [-0.15, -0.1) is 0 Å². The number of carbonyl (C=O) groups is 1. The van der Waals surface area contributed by atoms with Gasteiger partial charge in [-0.3, -0.25) is 4.79 Å². The van der Waals surface area contributed by atoms with Gasteiger partial charge in [0.1, 0.15) is 5.71 Å². The number of benzene rings is 2. The zero-order valence-corrected chi connectivity index (χ0v) is 13.8. The molecule has 2 rings (SSSR count). The van der Waals surface area contributed by atoms with E-state index in [-0.39, 0.29) is 5.91 Å². The summed E-state index contributed by atoms with van der Waals surface area (Å²) in [6.45, 7) is 9.72. The largest absolute Gasteiger partial charge is 0.320 e. The van der Waals surface area contributed by atoms with E-state index in [2.05, 4.69) is 10.3 Å². The summed E-state index contributed by atoms with van der Waals surface area (Å²) in [6.07, 6.45) is 0. The Morgan fingerprint density at radius 3 is 1.82 bits per heavy atom. The van der Waals surface area contributed by atoms with Crippen molar-refractivity contribution in [3.63, 3.8) is 0 Å². The third kappa shape index (κ3) is 3.42. The van der Waals surface area contributed by atoms with E-state index in [4.69, 9.17) is 0 Å². The molecule has 0 radical (unpaired) electrons. The predicted octanol–water partition coefficient (Wildman–Crippen LogP) is 4.65. The van der Waals surface area contributed by atoms with Crippen molar-refractivity contribution < 1.29 is 4.79 Å². The molecule has 0 unspecified atom stereocenters. The van der Waals surface area contributed by atoms with Crippen LogP contribution in [0, 0.1) is 27.7 Å². The molecular weight excluding hydrogens is 272 g/mol. The number of aliphatic imine (C=N–C) groups is 1. The number of para-hydroxylation sites is 2. The summed E-state index contributed by atoms with van der Waals surface area (Å²) in [4.78, 5) is 16.9. The van der Waals surface area contributed by atoms with E-state index in [1.54, 1.807) is 6.92 Å². The SMILES string of the molecule is CC(=Nc1c(C)cccc1C)C(=O)Nc1c(C)cccc1C. The van der Waals surface area contributed by atoms with Crippen molar-refractivity contribution >= 4 is 23.0 Å². The molecule has 0 aliphatic heterocycles. The van der Waals surface area contributed by atoms with Crippen molar-refractivity contribution in [3.05, 3.63) is 58.7 Å². The van der Waals surface area contributed by atoms with Gasteiger partial charge in [-0.05, 0) is 56.9 Å². The molecule has 22 heavy (non-hydrogen) atoms. The fourth-order valence-corrected chi connectivity index (χ4v) is 2.42. The third-order valence-electron chi connectivity index (χ3n) is 3.77. The summed E-state index contributed by atoms with van der Waals surface area (Å²) in [6, 6.07) is 12.0. The van der Waals surface area contributed by atoms with Gasteiger partial charge in [0.05, 0.1) is 5.69 Å². The van der Waals surface area contributed by atoms with Crippen LogP contribution in [0.25, 0.3) is 0 Å². The Morgan fingerprint density at radius 1 is 0.864 bits per heavy atom. The van der Waals surface area contributed by atoms with Gasteiger partial charge in [-0.25, -0.2) is 4.99 Å². The normalized spacial score (nSPS) is 11.4. The van der Waals surface area contributed by atoms with Gasteiger partial charge in [-0.2, -0.15) is 0 Å². The summed E-state index contributed by atoms with van der Waals surface area (Å²) >= 11 is 0. The van der Waals surface area contributed by atoms with Crippen molar-refractivity contribution in [2.24, 2.45) is 4.99 Å². The van der Waals surface area contributed by atoms with Crippen LogP contribution in [0.4, 0.5) is 11.4 Å². The van der Waals surface area contributed by atoms with Crippen molar-refractivity contribution in [3.8, 4) is 0 Å². The van der Waals surface area contributed by atoms with Gasteiger partial charge in [0.15, 0.2) is 0 Å². The molecule has 0 saturated heterocycles. The molecule has 0 bridgehead atoms. The number of hydrogen-bond acceptors (Lipinski definition) is 2. The molecule has 0 saturated carbocycles. The maximum Gasteiger partial charge on any atom is 0.269 e. The number of anilines is 1. The highest BCUT2D eigenvalue weighted by Crippen LogP contribution is 2.24. The Labute approximate surface area is 132 Å². The predicted molar refractivity (Wildman–Crippen MR) is 93.2 cm³/mol. The molecule has 0 heterocycles. The van der Waals surface area contributed by atoms with Crippen LogP contribution >= 0.6 is 0 Å². The van der Waals surface area contributed by atoms with Crippen LogP contribution in [0.15, 0.2) is 41.4 Å². The highest BCUT2D eigenvalue weighted by atomic mass is 16.1. The van der Waals surface area contributed by atoms with Crippen LogP contribution in [0.3, 0.4) is 0 Å². The van der Waals surface area contributed by atoms with E-state index in [1.807, 2.05) is 64.1 Å². The Morgan fingerprint density at radius 2 is 1.32 bits per heavy atom. The average Bonchev–Trinajstić information content (AvgIpc) is 2.46. The summed E-state index contributed by atoms with van der Waals surface area (Å²) in [5.41, 5.74) is 6.43. The van der Waals surface area contributed by atoms with Gasteiger partial charge in [-0.1, -0.05) is 36.4 Å². The molecule has 2 aromatic carbocycles. The first-order valence-electron chi connectivity index (χ1n) is 7.39. The number of rotatable bonds is 3. The minimum absolute atomic E-state index is 0.167. The summed E-state index contributed by atoms with van der Waals surface area (Å²) in [5.74, 6) is -0.167. The van der Waals surface area contributed by atoms with E-state index in [0.29, 0.717) is 5.71 Å². The lowest BCUT2D eigenvalue weighted by Gasteiger charge is -2.12. The molecule has 1 N–H and O–H groups in total. The Kier molecular flexibility index (Phi) is 4.76. The molecule has 0 spiro atoms. The van der Waals surface area contributed by atoms with Gasteiger partial charge < -0.3 is 5.32 Å². The molecule has 1 amide bonds. The monoisotopic (exact) mass is 294 g/mol. The van der Waals surface area contributed by atoms with Crippen LogP contribution in [-0.2, 0) is 4.79 Å². The number of hydrogen-bond donors (Lipinski definition) is 1. The highest BCUT2D eigenvalue weighted by Gasteiger charge is 2.11. The minimum Gasteiger partial charge on any atom is -0.320 e. The second kappa shape index (κ2) is 6.56. The lowest BCUT2D eigenvalue weighted by Crippen LogP contribution is -2.21. The lowest BCUT2D eigenvalue weighted by atomic mass is 10.1. The fraction of sp³-hybridized carbons (Fsp3) is 0.263. The van der Waals surface area contributed by atoms with Crippen molar-refractivity contribution in [2.75, 3.05) is 5.32 Å². The molecular formula is C19H22N2O. The number of nitrogens with zero attached hydrogens (tertiary/aromatic N) is 1. The van der Waals surface area contributed by atoms with E-state index in [1.165, 1.54) is 0 Å². The first-order valence-corrected chi connectivity index (χ1v) is 7.39. The first-order chi connectivity index (χ1) is 10.4. The zero-order chi connectivity index (χ0) is 16.3. The number of nitrogens with one attached hydrogen (secondary N) is 1. The molecule has 0 aliphatic rings. The second-order valence-electron chi connectivity index (χ2n) is 5.66. The van der Waals surface area contributed by atoms with E-state index >= 15 is 0 Å². The highest BCUT2D eigenvalue weighted by molar-refractivity contribution is 6.42. The second-order valence-corrected chi connectivity index (χ2v) is 5.66. The summed E-state index contributed by atoms with van der Waals surface area (Å²) in [7, 11) is 0. The van der Waals surface area contributed by atoms with Crippen molar-refractivity contribution in [1.29, 1.82) is 0 Å². The molecule has 2 aromatic rings. The summed E-state index contributed by atoms with van der Waals surface area (Å²) < 4.78 is 0. The van der Waals surface area contributed by atoms with E-state index < -0.39 is 0 Å². The van der Waals surface area contributed by atoms with Crippen LogP contribution in [0.2, 0.25) is 0 Å². The van der Waals surface area contributed by atoms with Crippen LogP contribution in [0.5, 0.6) is 0 Å². The van der Waals surface area contributed by atoms with Crippen molar-refractivity contribution in [1.82, 2.24) is 0 Å². The number of carbonyl (C=O) groups excluding carboxylic acids is 1. The Bertz CT molecular complexity index is 705. The first kappa shape index (κ1) is 16.0. The number of aryl methyl sites for hydroxylation is 4. The molecule has 0 aliphatic carbocycles. The molecule has 0 fully saturated rings. The topological polar surface area (TPSA) is 41.5 Å². The van der Waals surface area contributed by atoms with Gasteiger partial charge >= 0.3 is 0 Å². The smallest absolute Gasteiger partial charge is 0.269 e. The van der Waals surface area contributed by atoms with E-state index in [9.17, 15) is 4.79 Å². The van der Waals surface area contributed by atoms with Crippen LogP contribution in [0.1, 0.15) is 29.2 Å². The molecule has 0 aromatic heterocycles. The quantitative estimate of drug-likeness (QED) is 0.822. The van der Waals surface area contributed by atoms with Gasteiger partial charge in [0.2, 0.25) is 0 Å². The maximum absolute atomic E-state index is 12.4. The molecule has 114 valence electrons. The Hall–Kier alpha value is -2.42. The molecule has 3 nitrogen and oxygen atoms in total. The van der Waals surface area contributed by atoms with E-state index in [0.717, 1.165) is 33.6 Å². The van der Waals surface area contributed by atoms with Crippen LogP contribution < -0.4 is 5.32 Å². The minimum atomic E-state index is -0.167. The third-order valence-corrected chi connectivity index (χ3v) is 3.77. The average molecular weight is 294 g/mol.